The number of nitrogens with one attached hydrogen (secondary N) is 1. The lowest BCUT2D eigenvalue weighted by Crippen LogP contribution is -2.53. The minimum Gasteiger partial charge on any atom is -0.352 e. The van der Waals surface area contributed by atoms with Crippen molar-refractivity contribution in [3.8, 4) is 0 Å². The first-order valence-electron chi connectivity index (χ1n) is 13.5. The van der Waals surface area contributed by atoms with Crippen LogP contribution in [0.4, 0.5) is 18.9 Å². The van der Waals surface area contributed by atoms with Gasteiger partial charge in [0.25, 0.3) is 10.0 Å². The second-order valence-corrected chi connectivity index (χ2v) is 13.4. The van der Waals surface area contributed by atoms with E-state index in [0.717, 1.165) is 22.6 Å². The van der Waals surface area contributed by atoms with Crippen LogP contribution in [0.15, 0.2) is 65.6 Å². The molecule has 0 aromatic heterocycles. The standard InChI is InChI=1S/C30H31Cl3F3N3O4S/c1-5-27(29(41)37-18(2)3)38(16-20-8-9-21(31)14-26(20)33)28(40)17-39(44(42,43)23-11-6-19(4)7-12-23)22-10-13-25(32)24(15-22)30(34,35)36/h6-15,18,27H,5,16-17H2,1-4H3,(H,37,41)/t27-/m0/s1. The number of benzene rings is 3. The van der Waals surface area contributed by atoms with E-state index >= 15 is 0 Å². The number of rotatable bonds is 11. The highest BCUT2D eigenvalue weighted by Gasteiger charge is 2.37. The van der Waals surface area contributed by atoms with Crippen LogP contribution >= 0.6 is 34.8 Å². The third-order valence-electron chi connectivity index (χ3n) is 6.60. The van der Waals surface area contributed by atoms with Crippen LogP contribution in [-0.4, -0.2) is 43.8 Å². The van der Waals surface area contributed by atoms with Gasteiger partial charge in [0.05, 0.1) is 21.2 Å². The van der Waals surface area contributed by atoms with Crippen LogP contribution in [0.3, 0.4) is 0 Å². The second kappa shape index (κ2) is 14.4. The van der Waals surface area contributed by atoms with Crippen LogP contribution in [0.2, 0.25) is 15.1 Å². The predicted octanol–water partition coefficient (Wildman–Crippen LogP) is 7.50. The second-order valence-electron chi connectivity index (χ2n) is 10.3. The molecule has 2 amide bonds. The van der Waals surface area contributed by atoms with Gasteiger partial charge >= 0.3 is 6.18 Å². The Hall–Kier alpha value is -2.99. The molecule has 3 rings (SSSR count). The number of carbonyl (C=O) groups excluding carboxylic acids is 2. The summed E-state index contributed by atoms with van der Waals surface area (Å²) in [6, 6.07) is 11.4. The first-order valence-corrected chi connectivity index (χ1v) is 16.0. The van der Waals surface area contributed by atoms with Crippen molar-refractivity contribution in [3.05, 3.63) is 92.4 Å². The molecule has 1 atom stereocenters. The Morgan fingerprint density at radius 3 is 2.11 bits per heavy atom. The molecule has 7 nitrogen and oxygen atoms in total. The number of aryl methyl sites for hydroxylation is 1. The molecule has 0 saturated carbocycles. The lowest BCUT2D eigenvalue weighted by Gasteiger charge is -2.34. The van der Waals surface area contributed by atoms with Crippen molar-refractivity contribution < 1.29 is 31.2 Å². The number of sulfonamides is 1. The maximum Gasteiger partial charge on any atom is 0.417 e. The van der Waals surface area contributed by atoms with Gasteiger partial charge in [-0.05, 0) is 75.2 Å². The van der Waals surface area contributed by atoms with Crippen LogP contribution in [0.5, 0.6) is 0 Å². The summed E-state index contributed by atoms with van der Waals surface area (Å²) in [4.78, 5) is 28.2. The normalized spacial score (nSPS) is 12.6. The molecule has 0 bridgehead atoms. The molecule has 0 aliphatic heterocycles. The summed E-state index contributed by atoms with van der Waals surface area (Å²) < 4.78 is 69.9. The lowest BCUT2D eigenvalue weighted by atomic mass is 10.1. The first kappa shape index (κ1) is 35.5. The molecule has 0 saturated heterocycles. The van der Waals surface area contributed by atoms with Gasteiger partial charge in [-0.15, -0.1) is 0 Å². The average Bonchev–Trinajstić information content (AvgIpc) is 2.92. The van der Waals surface area contributed by atoms with Gasteiger partial charge in [0.1, 0.15) is 12.6 Å². The number of carbonyl (C=O) groups is 2. The van der Waals surface area contributed by atoms with E-state index in [4.69, 9.17) is 34.8 Å². The maximum absolute atomic E-state index is 14.1. The van der Waals surface area contributed by atoms with E-state index in [9.17, 15) is 31.2 Å². The van der Waals surface area contributed by atoms with Crippen LogP contribution in [0, 0.1) is 6.92 Å². The minimum absolute atomic E-state index is 0.138. The largest absolute Gasteiger partial charge is 0.417 e. The number of halogens is 6. The van der Waals surface area contributed by atoms with Gasteiger partial charge in [-0.3, -0.25) is 13.9 Å². The summed E-state index contributed by atoms with van der Waals surface area (Å²) in [5, 5.41) is 2.65. The van der Waals surface area contributed by atoms with Gasteiger partial charge in [0.2, 0.25) is 11.8 Å². The first-order chi connectivity index (χ1) is 20.4. The molecule has 0 radical (unpaired) electrons. The molecular weight excluding hydrogens is 662 g/mol. The van der Waals surface area contributed by atoms with Gasteiger partial charge in [-0.25, -0.2) is 8.42 Å². The fraction of sp³-hybridized carbons (Fsp3) is 0.333. The van der Waals surface area contributed by atoms with Crippen LogP contribution in [-0.2, 0) is 32.3 Å². The zero-order valence-corrected chi connectivity index (χ0v) is 27.3. The van der Waals surface area contributed by atoms with E-state index in [1.165, 1.54) is 30.3 Å². The summed E-state index contributed by atoms with van der Waals surface area (Å²) >= 11 is 18.2. The smallest absolute Gasteiger partial charge is 0.352 e. The molecular formula is C30H31Cl3F3N3O4S. The van der Waals surface area contributed by atoms with Crippen molar-refractivity contribution in [2.45, 2.75) is 63.8 Å². The van der Waals surface area contributed by atoms with Gasteiger partial charge in [0, 0.05) is 22.6 Å². The zero-order valence-electron chi connectivity index (χ0n) is 24.3. The molecule has 0 unspecified atom stereocenters. The topological polar surface area (TPSA) is 86.8 Å². The molecule has 44 heavy (non-hydrogen) atoms. The van der Waals surface area contributed by atoms with E-state index in [1.807, 2.05) is 0 Å². The molecule has 3 aromatic carbocycles. The SMILES string of the molecule is CC[C@@H](C(=O)NC(C)C)N(Cc1ccc(Cl)cc1Cl)C(=O)CN(c1ccc(Cl)c(C(F)(F)F)c1)S(=O)(=O)c1ccc(C)cc1. The molecule has 1 N–H and O–H groups in total. The number of hydrogen-bond donors (Lipinski definition) is 1. The van der Waals surface area contributed by atoms with Crippen molar-refractivity contribution in [3.63, 3.8) is 0 Å². The number of hydrogen-bond acceptors (Lipinski definition) is 4. The Balaban J connectivity index is 2.18. The Labute approximate surface area is 269 Å². The fourth-order valence-electron chi connectivity index (χ4n) is 4.39. The van der Waals surface area contributed by atoms with Gasteiger partial charge in [-0.2, -0.15) is 13.2 Å². The van der Waals surface area contributed by atoms with Gasteiger partial charge in [-0.1, -0.05) is 65.5 Å². The molecule has 238 valence electrons. The third-order valence-corrected chi connectivity index (χ3v) is 9.31. The van der Waals surface area contributed by atoms with E-state index in [0.29, 0.717) is 21.0 Å². The monoisotopic (exact) mass is 691 g/mol. The molecule has 0 aliphatic rings. The Morgan fingerprint density at radius 1 is 0.932 bits per heavy atom. The quantitative estimate of drug-likeness (QED) is 0.226. The highest BCUT2D eigenvalue weighted by Crippen LogP contribution is 2.38. The molecule has 0 aliphatic carbocycles. The Kier molecular flexibility index (Phi) is 11.6. The highest BCUT2D eigenvalue weighted by molar-refractivity contribution is 7.92. The minimum atomic E-state index is -4.91. The van der Waals surface area contributed by atoms with Gasteiger partial charge in [0.15, 0.2) is 0 Å². The number of amides is 2. The predicted molar refractivity (Wildman–Crippen MR) is 167 cm³/mol. The summed E-state index contributed by atoms with van der Waals surface area (Å²) in [7, 11) is -4.60. The highest BCUT2D eigenvalue weighted by atomic mass is 35.5. The molecule has 0 spiro atoms. The number of nitrogens with zero attached hydrogens (tertiary/aromatic N) is 2. The van der Waals surface area contributed by atoms with Crippen LogP contribution in [0.1, 0.15) is 43.9 Å². The average molecular weight is 693 g/mol. The Bertz CT molecular complexity index is 1620. The summed E-state index contributed by atoms with van der Waals surface area (Å²) in [6.45, 7) is 5.73. The van der Waals surface area contributed by atoms with Crippen molar-refractivity contribution in [2.24, 2.45) is 0 Å². The van der Waals surface area contributed by atoms with Crippen LogP contribution in [0.25, 0.3) is 0 Å². The maximum atomic E-state index is 14.1. The van der Waals surface area contributed by atoms with Crippen LogP contribution < -0.4 is 9.62 Å². The zero-order chi connectivity index (χ0) is 33.0. The summed E-state index contributed by atoms with van der Waals surface area (Å²) in [6.07, 6.45) is -4.77. The third kappa shape index (κ3) is 8.59. The fourth-order valence-corrected chi connectivity index (χ4v) is 6.48. The number of anilines is 1. The van der Waals surface area contributed by atoms with Crippen molar-refractivity contribution >= 4 is 62.3 Å². The van der Waals surface area contributed by atoms with Gasteiger partial charge < -0.3 is 10.2 Å². The summed E-state index contributed by atoms with van der Waals surface area (Å²) in [5.41, 5.74) is -0.565. The Morgan fingerprint density at radius 2 is 1.57 bits per heavy atom. The van der Waals surface area contributed by atoms with E-state index in [-0.39, 0.29) is 28.9 Å². The van der Waals surface area contributed by atoms with Crippen molar-refractivity contribution in [1.29, 1.82) is 0 Å². The molecule has 0 heterocycles. The molecule has 3 aromatic rings. The van der Waals surface area contributed by atoms with E-state index < -0.39 is 56.9 Å². The summed E-state index contributed by atoms with van der Waals surface area (Å²) in [5.74, 6) is -1.36. The van der Waals surface area contributed by atoms with E-state index in [1.54, 1.807) is 39.8 Å². The molecule has 0 fully saturated rings. The number of alkyl halides is 3. The van der Waals surface area contributed by atoms with Crippen molar-refractivity contribution in [2.75, 3.05) is 10.8 Å². The molecule has 14 heteroatoms. The van der Waals surface area contributed by atoms with Crippen molar-refractivity contribution in [1.82, 2.24) is 10.2 Å². The van der Waals surface area contributed by atoms with E-state index in [2.05, 4.69) is 5.32 Å². The lowest BCUT2D eigenvalue weighted by molar-refractivity contribution is -0.140.